The van der Waals surface area contributed by atoms with E-state index in [0.29, 0.717) is 5.56 Å². The second-order valence-electron chi connectivity index (χ2n) is 5.88. The van der Waals surface area contributed by atoms with Gasteiger partial charge in [0.1, 0.15) is 0 Å². The summed E-state index contributed by atoms with van der Waals surface area (Å²) in [5.41, 5.74) is 6.55. The van der Waals surface area contributed by atoms with Gasteiger partial charge < -0.3 is 4.98 Å². The molecule has 0 radical (unpaired) electrons. The van der Waals surface area contributed by atoms with Crippen LogP contribution in [0.4, 0.5) is 0 Å². The molecule has 25 heavy (non-hydrogen) atoms. The zero-order valence-corrected chi connectivity index (χ0v) is 13.6. The fourth-order valence-corrected chi connectivity index (χ4v) is 3.19. The first-order valence-electron chi connectivity index (χ1n) is 8.26. The van der Waals surface area contributed by atoms with E-state index in [-0.39, 0.29) is 0 Å². The topological polar surface area (TPSA) is 32.9 Å². The molecule has 1 heterocycles. The van der Waals surface area contributed by atoms with Gasteiger partial charge in [0.2, 0.25) is 0 Å². The lowest BCUT2D eigenvalue weighted by Crippen LogP contribution is -1.87. The van der Waals surface area contributed by atoms with Crippen molar-refractivity contribution in [3.8, 4) is 33.6 Å². The second kappa shape index (κ2) is 6.62. The van der Waals surface area contributed by atoms with Gasteiger partial charge in [0, 0.05) is 11.1 Å². The van der Waals surface area contributed by atoms with Crippen molar-refractivity contribution in [3.05, 3.63) is 96.6 Å². The number of aldehydes is 1. The summed E-state index contributed by atoms with van der Waals surface area (Å²) in [6, 6.07) is 30.1. The van der Waals surface area contributed by atoms with E-state index in [1.165, 1.54) is 0 Å². The molecule has 0 aliphatic heterocycles. The van der Waals surface area contributed by atoms with Crippen LogP contribution in [-0.4, -0.2) is 11.3 Å². The molecule has 0 saturated heterocycles. The summed E-state index contributed by atoms with van der Waals surface area (Å²) in [6.45, 7) is 0. The van der Waals surface area contributed by atoms with Gasteiger partial charge in [-0.15, -0.1) is 0 Å². The van der Waals surface area contributed by atoms with Crippen molar-refractivity contribution in [3.63, 3.8) is 0 Å². The monoisotopic (exact) mass is 323 g/mol. The van der Waals surface area contributed by atoms with Gasteiger partial charge in [0.05, 0.1) is 11.4 Å². The molecular formula is C23H17NO. The first-order valence-corrected chi connectivity index (χ1v) is 8.26. The second-order valence-corrected chi connectivity index (χ2v) is 5.88. The third-order valence-corrected chi connectivity index (χ3v) is 4.34. The quantitative estimate of drug-likeness (QED) is 0.471. The minimum atomic E-state index is 0.691. The van der Waals surface area contributed by atoms with Gasteiger partial charge in [0.15, 0.2) is 6.29 Å². The summed E-state index contributed by atoms with van der Waals surface area (Å²) in [5.74, 6) is 0. The highest BCUT2D eigenvalue weighted by molar-refractivity contribution is 6.01. The highest BCUT2D eigenvalue weighted by Crippen LogP contribution is 2.39. The van der Waals surface area contributed by atoms with E-state index in [1.54, 1.807) is 0 Å². The Kier molecular flexibility index (Phi) is 4.01. The molecule has 0 fully saturated rings. The molecule has 1 N–H and O–H groups in total. The summed E-state index contributed by atoms with van der Waals surface area (Å²) < 4.78 is 0. The van der Waals surface area contributed by atoms with Gasteiger partial charge in [-0.2, -0.15) is 0 Å². The predicted molar refractivity (Wildman–Crippen MR) is 102 cm³/mol. The van der Waals surface area contributed by atoms with Gasteiger partial charge in [0.25, 0.3) is 0 Å². The fraction of sp³-hybridized carbons (Fsp3) is 0. The molecular weight excluding hydrogens is 306 g/mol. The van der Waals surface area contributed by atoms with Crippen LogP contribution >= 0.6 is 0 Å². The van der Waals surface area contributed by atoms with Crippen molar-refractivity contribution in [2.24, 2.45) is 0 Å². The average Bonchev–Trinajstić information content (AvgIpc) is 3.09. The van der Waals surface area contributed by atoms with Crippen LogP contribution in [0.5, 0.6) is 0 Å². The molecule has 4 aromatic rings. The molecule has 0 aliphatic carbocycles. The van der Waals surface area contributed by atoms with Crippen LogP contribution in [-0.2, 0) is 0 Å². The number of carbonyl (C=O) groups is 1. The van der Waals surface area contributed by atoms with E-state index in [2.05, 4.69) is 17.1 Å². The van der Waals surface area contributed by atoms with Crippen LogP contribution in [0.15, 0.2) is 91.0 Å². The first-order chi connectivity index (χ1) is 12.4. The van der Waals surface area contributed by atoms with E-state index in [9.17, 15) is 4.79 Å². The van der Waals surface area contributed by atoms with E-state index >= 15 is 0 Å². The largest absolute Gasteiger partial charge is 0.353 e. The number of aromatic nitrogens is 1. The molecule has 0 bridgehead atoms. The number of carbonyl (C=O) groups excluding carboxylic acids is 1. The maximum absolute atomic E-state index is 12.0. The molecule has 0 amide bonds. The Labute approximate surface area is 146 Å². The Morgan fingerprint density at radius 2 is 1.00 bits per heavy atom. The number of nitrogens with one attached hydrogen (secondary N) is 1. The van der Waals surface area contributed by atoms with E-state index in [1.807, 2.05) is 78.9 Å². The summed E-state index contributed by atoms with van der Waals surface area (Å²) in [5, 5.41) is 0. The average molecular weight is 323 g/mol. The van der Waals surface area contributed by atoms with Crippen LogP contribution in [0, 0.1) is 0 Å². The number of hydrogen-bond donors (Lipinski definition) is 1. The highest BCUT2D eigenvalue weighted by atomic mass is 16.1. The first kappa shape index (κ1) is 15.2. The van der Waals surface area contributed by atoms with Crippen molar-refractivity contribution in [1.82, 2.24) is 4.98 Å². The number of aromatic amines is 1. The third-order valence-electron chi connectivity index (χ3n) is 4.34. The van der Waals surface area contributed by atoms with Crippen LogP contribution in [0.2, 0.25) is 0 Å². The van der Waals surface area contributed by atoms with Crippen LogP contribution < -0.4 is 0 Å². The maximum atomic E-state index is 12.0. The lowest BCUT2D eigenvalue weighted by molar-refractivity contribution is 0.112. The van der Waals surface area contributed by atoms with E-state index in [0.717, 1.165) is 39.9 Å². The summed E-state index contributed by atoms with van der Waals surface area (Å²) >= 11 is 0. The predicted octanol–water partition coefficient (Wildman–Crippen LogP) is 5.83. The Bertz CT molecular complexity index is 986. The van der Waals surface area contributed by atoms with Gasteiger partial charge >= 0.3 is 0 Å². The number of rotatable bonds is 4. The molecule has 0 atom stereocenters. The fourth-order valence-electron chi connectivity index (χ4n) is 3.19. The minimum Gasteiger partial charge on any atom is -0.353 e. The van der Waals surface area contributed by atoms with Crippen molar-refractivity contribution in [1.29, 1.82) is 0 Å². The number of benzene rings is 3. The lowest BCUT2D eigenvalue weighted by atomic mass is 9.96. The van der Waals surface area contributed by atoms with Gasteiger partial charge in [-0.3, -0.25) is 4.79 Å². The summed E-state index contributed by atoms with van der Waals surface area (Å²) in [6.07, 6.45) is 0.952. The molecule has 2 nitrogen and oxygen atoms in total. The summed E-state index contributed by atoms with van der Waals surface area (Å²) in [7, 11) is 0. The molecule has 1 aromatic heterocycles. The Balaban J connectivity index is 2.03. The van der Waals surface area contributed by atoms with Gasteiger partial charge in [-0.25, -0.2) is 0 Å². The van der Waals surface area contributed by atoms with Gasteiger partial charge in [-0.05, 0) is 16.7 Å². The third kappa shape index (κ3) is 2.79. The van der Waals surface area contributed by atoms with Crippen molar-refractivity contribution in [2.75, 3.05) is 0 Å². The molecule has 0 aliphatic rings. The van der Waals surface area contributed by atoms with Crippen molar-refractivity contribution in [2.45, 2.75) is 0 Å². The van der Waals surface area contributed by atoms with E-state index in [4.69, 9.17) is 0 Å². The maximum Gasteiger partial charge on any atom is 0.152 e. The van der Waals surface area contributed by atoms with Crippen LogP contribution in [0.25, 0.3) is 33.6 Å². The SMILES string of the molecule is O=Cc1c(-c2ccccc2)[nH]c(-c2ccccc2)c1-c1ccccc1. The Morgan fingerprint density at radius 1 is 0.560 bits per heavy atom. The normalized spacial score (nSPS) is 10.6. The Hall–Kier alpha value is -3.39. The minimum absolute atomic E-state index is 0.691. The number of H-pyrrole nitrogens is 1. The van der Waals surface area contributed by atoms with Crippen molar-refractivity contribution >= 4 is 6.29 Å². The standard InChI is InChI=1S/C23H17NO/c25-16-20-21(17-10-4-1-5-11-17)23(19-14-8-3-9-15-19)24-22(20)18-12-6-2-7-13-18/h1-16,24H. The molecule has 0 saturated carbocycles. The zero-order chi connectivity index (χ0) is 17.1. The Morgan fingerprint density at radius 3 is 1.48 bits per heavy atom. The summed E-state index contributed by atoms with van der Waals surface area (Å²) in [4.78, 5) is 15.5. The molecule has 0 unspecified atom stereocenters. The molecule has 0 spiro atoms. The molecule has 3 aromatic carbocycles. The van der Waals surface area contributed by atoms with Crippen LogP contribution in [0.3, 0.4) is 0 Å². The lowest BCUT2D eigenvalue weighted by Gasteiger charge is -2.05. The van der Waals surface area contributed by atoms with Gasteiger partial charge in [-0.1, -0.05) is 91.0 Å². The van der Waals surface area contributed by atoms with Crippen LogP contribution in [0.1, 0.15) is 10.4 Å². The smallest absolute Gasteiger partial charge is 0.152 e. The van der Waals surface area contributed by atoms with Crippen molar-refractivity contribution < 1.29 is 4.79 Å². The molecule has 4 rings (SSSR count). The van der Waals surface area contributed by atoms with E-state index < -0.39 is 0 Å². The number of hydrogen-bond acceptors (Lipinski definition) is 1. The molecule has 120 valence electrons. The molecule has 2 heteroatoms. The highest BCUT2D eigenvalue weighted by Gasteiger charge is 2.20. The zero-order valence-electron chi connectivity index (χ0n) is 13.6.